The van der Waals surface area contributed by atoms with Gasteiger partial charge in [-0.2, -0.15) is 0 Å². The van der Waals surface area contributed by atoms with Crippen molar-refractivity contribution in [3.8, 4) is 5.75 Å². The summed E-state index contributed by atoms with van der Waals surface area (Å²) in [5.41, 5.74) is 2.03. The molecule has 1 aromatic carbocycles. The normalized spacial score (nSPS) is 26.1. The van der Waals surface area contributed by atoms with E-state index in [9.17, 15) is 5.11 Å². The van der Waals surface area contributed by atoms with E-state index in [1.165, 1.54) is 19.3 Å². The molecule has 1 N–H and O–H groups in total. The second-order valence-electron chi connectivity index (χ2n) is 5.38. The van der Waals surface area contributed by atoms with Gasteiger partial charge in [0.2, 0.25) is 0 Å². The number of para-hydroxylation sites is 1. The van der Waals surface area contributed by atoms with Crippen LogP contribution in [-0.4, -0.2) is 22.1 Å². The lowest BCUT2D eigenvalue weighted by Gasteiger charge is -2.39. The van der Waals surface area contributed by atoms with Crippen molar-refractivity contribution in [3.63, 3.8) is 0 Å². The standard InChI is InChI=1S/C15H23NO/c1-11-6-4-9-14(15(11)17)10-16-12(2)7-5-8-13(16)3/h4,6,9,12-13,17H,5,7-8,10H2,1-3H3. The van der Waals surface area contributed by atoms with Crippen molar-refractivity contribution in [2.45, 2.75) is 58.7 Å². The van der Waals surface area contributed by atoms with Crippen molar-refractivity contribution in [1.82, 2.24) is 4.90 Å². The van der Waals surface area contributed by atoms with Crippen LogP contribution >= 0.6 is 0 Å². The van der Waals surface area contributed by atoms with E-state index >= 15 is 0 Å². The van der Waals surface area contributed by atoms with E-state index in [0.717, 1.165) is 17.7 Å². The van der Waals surface area contributed by atoms with Crippen molar-refractivity contribution in [2.75, 3.05) is 0 Å². The number of likely N-dealkylation sites (tertiary alicyclic amines) is 1. The number of aryl methyl sites for hydroxylation is 1. The minimum atomic E-state index is 0.470. The third kappa shape index (κ3) is 2.63. The molecular formula is C15H23NO. The minimum absolute atomic E-state index is 0.470. The first-order chi connectivity index (χ1) is 8.09. The number of piperidine rings is 1. The van der Waals surface area contributed by atoms with Gasteiger partial charge in [-0.05, 0) is 39.2 Å². The molecule has 0 bridgehead atoms. The van der Waals surface area contributed by atoms with Gasteiger partial charge in [-0.3, -0.25) is 4.90 Å². The van der Waals surface area contributed by atoms with Crippen molar-refractivity contribution in [1.29, 1.82) is 0 Å². The van der Waals surface area contributed by atoms with Crippen LogP contribution in [0, 0.1) is 6.92 Å². The van der Waals surface area contributed by atoms with Crippen molar-refractivity contribution in [3.05, 3.63) is 29.3 Å². The first-order valence-corrected chi connectivity index (χ1v) is 6.62. The molecule has 1 fully saturated rings. The Morgan fingerprint density at radius 1 is 1.24 bits per heavy atom. The van der Waals surface area contributed by atoms with Crippen LogP contribution in [0.3, 0.4) is 0 Å². The number of rotatable bonds is 2. The number of phenolic OH excluding ortho intramolecular Hbond substituents is 1. The van der Waals surface area contributed by atoms with Crippen molar-refractivity contribution >= 4 is 0 Å². The summed E-state index contributed by atoms with van der Waals surface area (Å²) in [5, 5.41) is 10.1. The molecule has 1 aliphatic heterocycles. The topological polar surface area (TPSA) is 23.5 Å². The molecule has 0 aromatic heterocycles. The summed E-state index contributed by atoms with van der Waals surface area (Å²) >= 11 is 0. The molecule has 1 aromatic rings. The van der Waals surface area contributed by atoms with Crippen LogP contribution in [0.25, 0.3) is 0 Å². The Balaban J connectivity index is 2.16. The number of hydrogen-bond acceptors (Lipinski definition) is 2. The number of hydrogen-bond donors (Lipinski definition) is 1. The first kappa shape index (κ1) is 12.4. The monoisotopic (exact) mass is 233 g/mol. The van der Waals surface area contributed by atoms with E-state index in [-0.39, 0.29) is 0 Å². The second-order valence-corrected chi connectivity index (χ2v) is 5.38. The zero-order valence-corrected chi connectivity index (χ0v) is 11.1. The number of benzene rings is 1. The minimum Gasteiger partial charge on any atom is -0.507 e. The van der Waals surface area contributed by atoms with E-state index in [2.05, 4.69) is 18.7 Å². The highest BCUT2D eigenvalue weighted by Gasteiger charge is 2.25. The molecular weight excluding hydrogens is 210 g/mol. The largest absolute Gasteiger partial charge is 0.507 e. The number of aromatic hydroxyl groups is 1. The summed E-state index contributed by atoms with van der Waals surface area (Å²) in [5.74, 6) is 0.470. The molecule has 2 heteroatoms. The van der Waals surface area contributed by atoms with Gasteiger partial charge >= 0.3 is 0 Å². The molecule has 2 rings (SSSR count). The molecule has 2 unspecified atom stereocenters. The van der Waals surface area contributed by atoms with Gasteiger partial charge in [-0.25, -0.2) is 0 Å². The maximum absolute atomic E-state index is 10.1. The summed E-state index contributed by atoms with van der Waals surface area (Å²) in [6, 6.07) is 7.28. The highest BCUT2D eigenvalue weighted by molar-refractivity contribution is 5.39. The molecule has 2 atom stereocenters. The third-order valence-corrected chi connectivity index (χ3v) is 4.05. The summed E-state index contributed by atoms with van der Waals surface area (Å²) < 4.78 is 0. The lowest BCUT2D eigenvalue weighted by molar-refractivity contribution is 0.0943. The van der Waals surface area contributed by atoms with Crippen LogP contribution in [0.5, 0.6) is 5.75 Å². The lowest BCUT2D eigenvalue weighted by Crippen LogP contribution is -2.42. The Bertz CT molecular complexity index is 379. The van der Waals surface area contributed by atoms with Gasteiger partial charge in [0.15, 0.2) is 0 Å². The Hall–Kier alpha value is -1.02. The quantitative estimate of drug-likeness (QED) is 0.845. The SMILES string of the molecule is Cc1cccc(CN2C(C)CCCC2C)c1O. The van der Waals surface area contributed by atoms with Gasteiger partial charge in [0.25, 0.3) is 0 Å². The molecule has 1 heterocycles. The number of phenols is 1. The van der Waals surface area contributed by atoms with E-state index in [1.807, 2.05) is 25.1 Å². The summed E-state index contributed by atoms with van der Waals surface area (Å²) in [7, 11) is 0. The van der Waals surface area contributed by atoms with Crippen molar-refractivity contribution < 1.29 is 5.11 Å². The van der Waals surface area contributed by atoms with Crippen LogP contribution in [-0.2, 0) is 6.54 Å². The molecule has 0 saturated carbocycles. The van der Waals surface area contributed by atoms with Gasteiger partial charge in [-0.1, -0.05) is 24.6 Å². The fourth-order valence-electron chi connectivity index (χ4n) is 2.83. The zero-order chi connectivity index (χ0) is 12.4. The molecule has 94 valence electrons. The molecule has 1 saturated heterocycles. The summed E-state index contributed by atoms with van der Waals surface area (Å²) in [4.78, 5) is 2.51. The van der Waals surface area contributed by atoms with Crippen LogP contribution < -0.4 is 0 Å². The maximum atomic E-state index is 10.1. The van der Waals surface area contributed by atoms with Crippen molar-refractivity contribution in [2.24, 2.45) is 0 Å². The summed E-state index contributed by atoms with van der Waals surface area (Å²) in [6.45, 7) is 7.42. The molecule has 0 spiro atoms. The van der Waals surface area contributed by atoms with E-state index in [0.29, 0.717) is 17.8 Å². The molecule has 0 amide bonds. The third-order valence-electron chi connectivity index (χ3n) is 4.05. The Morgan fingerprint density at radius 3 is 2.53 bits per heavy atom. The van der Waals surface area contributed by atoms with Gasteiger partial charge < -0.3 is 5.11 Å². The van der Waals surface area contributed by atoms with E-state index < -0.39 is 0 Å². The smallest absolute Gasteiger partial charge is 0.122 e. The van der Waals surface area contributed by atoms with E-state index in [1.54, 1.807) is 0 Å². The molecule has 1 aliphatic rings. The Morgan fingerprint density at radius 2 is 1.88 bits per heavy atom. The molecule has 0 radical (unpaired) electrons. The van der Waals surface area contributed by atoms with Crippen LogP contribution in [0.2, 0.25) is 0 Å². The Kier molecular flexibility index (Phi) is 3.72. The maximum Gasteiger partial charge on any atom is 0.122 e. The van der Waals surface area contributed by atoms with Crippen LogP contribution in [0.15, 0.2) is 18.2 Å². The average Bonchev–Trinajstić information content (AvgIpc) is 2.29. The predicted octanol–water partition coefficient (Wildman–Crippen LogP) is 3.46. The highest BCUT2D eigenvalue weighted by Crippen LogP contribution is 2.28. The zero-order valence-electron chi connectivity index (χ0n) is 11.1. The summed E-state index contributed by atoms with van der Waals surface area (Å²) in [6.07, 6.45) is 3.88. The Labute approximate surface area is 104 Å². The first-order valence-electron chi connectivity index (χ1n) is 6.62. The second kappa shape index (κ2) is 5.09. The highest BCUT2D eigenvalue weighted by atomic mass is 16.3. The lowest BCUT2D eigenvalue weighted by atomic mass is 9.96. The van der Waals surface area contributed by atoms with Gasteiger partial charge in [-0.15, -0.1) is 0 Å². The number of nitrogens with zero attached hydrogens (tertiary/aromatic N) is 1. The van der Waals surface area contributed by atoms with Crippen LogP contribution in [0.1, 0.15) is 44.2 Å². The molecule has 17 heavy (non-hydrogen) atoms. The van der Waals surface area contributed by atoms with Crippen LogP contribution in [0.4, 0.5) is 0 Å². The van der Waals surface area contributed by atoms with Gasteiger partial charge in [0.1, 0.15) is 5.75 Å². The molecule has 0 aliphatic carbocycles. The molecule has 2 nitrogen and oxygen atoms in total. The average molecular weight is 233 g/mol. The van der Waals surface area contributed by atoms with Gasteiger partial charge in [0.05, 0.1) is 0 Å². The fourth-order valence-corrected chi connectivity index (χ4v) is 2.83. The van der Waals surface area contributed by atoms with Gasteiger partial charge in [0, 0.05) is 24.2 Å². The predicted molar refractivity (Wildman–Crippen MR) is 71.2 cm³/mol. The fraction of sp³-hybridized carbons (Fsp3) is 0.600. The van der Waals surface area contributed by atoms with E-state index in [4.69, 9.17) is 0 Å².